The molecule has 240 valence electrons. The lowest BCUT2D eigenvalue weighted by Crippen LogP contribution is -2.49. The van der Waals surface area contributed by atoms with E-state index in [-0.39, 0.29) is 22.6 Å². The van der Waals surface area contributed by atoms with E-state index in [9.17, 15) is 35.9 Å². The van der Waals surface area contributed by atoms with E-state index in [1.54, 1.807) is 39.0 Å². The van der Waals surface area contributed by atoms with E-state index in [1.807, 2.05) is 4.90 Å². The lowest BCUT2D eigenvalue weighted by molar-refractivity contribution is -0.143. The fourth-order valence-electron chi connectivity index (χ4n) is 5.17. The van der Waals surface area contributed by atoms with Crippen LogP contribution in [0.2, 0.25) is 0 Å². The van der Waals surface area contributed by atoms with Crippen LogP contribution in [0.25, 0.3) is 16.5 Å². The number of thioether (sulfide) groups is 1. The summed E-state index contributed by atoms with van der Waals surface area (Å²) in [7, 11) is 0. The van der Waals surface area contributed by atoms with Crippen molar-refractivity contribution in [3.8, 4) is 0 Å². The van der Waals surface area contributed by atoms with Gasteiger partial charge in [-0.3, -0.25) is 9.89 Å². The Hall–Kier alpha value is -4.01. The number of benzene rings is 2. The van der Waals surface area contributed by atoms with Crippen molar-refractivity contribution in [2.45, 2.75) is 64.0 Å². The highest BCUT2D eigenvalue weighted by molar-refractivity contribution is 8.18. The van der Waals surface area contributed by atoms with E-state index < -0.39 is 53.1 Å². The first-order chi connectivity index (χ1) is 21.0. The normalized spacial score (nSPS) is 19.1. The molecular weight excluding hydrogens is 624 g/mol. The molecule has 3 heterocycles. The largest absolute Gasteiger partial charge is 0.444 e. The number of fused-ring (bicyclic) bond motifs is 1. The zero-order chi connectivity index (χ0) is 32.7. The van der Waals surface area contributed by atoms with Crippen molar-refractivity contribution in [3.05, 3.63) is 69.8 Å². The summed E-state index contributed by atoms with van der Waals surface area (Å²) in [6, 6.07) is 6.09. The molecular formula is C30H29F6N5O3S. The fourth-order valence-corrected chi connectivity index (χ4v) is 6.22. The number of amides is 2. The minimum atomic E-state index is -5.08. The molecule has 1 fully saturated rings. The second-order valence-electron chi connectivity index (χ2n) is 11.8. The number of piperidine rings is 1. The van der Waals surface area contributed by atoms with Crippen LogP contribution in [0.3, 0.4) is 0 Å². The number of aromatic amines is 1. The van der Waals surface area contributed by atoms with Gasteiger partial charge in [-0.25, -0.2) is 4.79 Å². The molecule has 3 aromatic rings. The molecule has 8 nitrogen and oxygen atoms in total. The first-order valence-electron chi connectivity index (χ1n) is 14.0. The molecule has 0 aliphatic carbocycles. The Morgan fingerprint density at radius 3 is 2.53 bits per heavy atom. The number of halogens is 6. The second-order valence-corrected chi connectivity index (χ2v) is 12.7. The molecule has 1 aromatic heterocycles. The number of allylic oxidation sites excluding steroid dienone is 1. The molecule has 15 heteroatoms. The fraction of sp³-hybridized carbons (Fsp3) is 0.400. The van der Waals surface area contributed by atoms with Crippen molar-refractivity contribution in [2.24, 2.45) is 4.99 Å². The number of ether oxygens (including phenoxy) is 1. The van der Waals surface area contributed by atoms with E-state index in [1.165, 1.54) is 6.20 Å². The summed E-state index contributed by atoms with van der Waals surface area (Å²) in [5, 5.41) is 10.5. The Kier molecular flexibility index (Phi) is 8.68. The van der Waals surface area contributed by atoms with Crippen molar-refractivity contribution in [3.63, 3.8) is 0 Å². The first-order valence-corrected chi connectivity index (χ1v) is 14.8. The third kappa shape index (κ3) is 7.63. The van der Waals surface area contributed by atoms with Crippen LogP contribution in [0, 0.1) is 0 Å². The molecule has 45 heavy (non-hydrogen) atoms. The summed E-state index contributed by atoms with van der Waals surface area (Å²) in [5.41, 5.74) is -2.76. The number of hydrogen-bond donors (Lipinski definition) is 2. The highest BCUT2D eigenvalue weighted by Gasteiger charge is 2.39. The number of alkyl halides is 6. The van der Waals surface area contributed by atoms with E-state index in [2.05, 4.69) is 20.5 Å². The maximum absolute atomic E-state index is 14.1. The molecule has 0 radical (unpaired) electrons. The van der Waals surface area contributed by atoms with Crippen LogP contribution in [0.4, 0.5) is 31.1 Å². The van der Waals surface area contributed by atoms with Gasteiger partial charge in [0.25, 0.3) is 5.91 Å². The van der Waals surface area contributed by atoms with Crippen LogP contribution in [0.5, 0.6) is 0 Å². The average Bonchev–Trinajstić information content (AvgIpc) is 3.55. The van der Waals surface area contributed by atoms with Crippen molar-refractivity contribution < 1.29 is 40.7 Å². The number of likely N-dealkylation sites (tertiary alicyclic amines) is 1. The third-order valence-corrected chi connectivity index (χ3v) is 8.33. The van der Waals surface area contributed by atoms with Crippen LogP contribution >= 0.6 is 11.8 Å². The number of amidine groups is 1. The predicted molar refractivity (Wildman–Crippen MR) is 157 cm³/mol. The lowest BCUT2D eigenvalue weighted by atomic mass is 9.92. The van der Waals surface area contributed by atoms with Crippen LogP contribution in [0.15, 0.2) is 52.5 Å². The van der Waals surface area contributed by atoms with Crippen LogP contribution in [0.1, 0.15) is 55.9 Å². The summed E-state index contributed by atoms with van der Waals surface area (Å²) >= 11 is 0.984. The second kappa shape index (κ2) is 12.1. The zero-order valence-electron chi connectivity index (χ0n) is 24.4. The van der Waals surface area contributed by atoms with E-state index in [0.717, 1.165) is 17.8 Å². The predicted octanol–water partition coefficient (Wildman–Crippen LogP) is 7.17. The molecule has 2 aliphatic heterocycles. The minimum Gasteiger partial charge on any atom is -0.444 e. The summed E-state index contributed by atoms with van der Waals surface area (Å²) in [5.74, 6) is -0.681. The Bertz CT molecular complexity index is 1690. The molecule has 2 aromatic carbocycles. The number of carbonyl (C=O) groups excluding carboxylic acids is 2. The zero-order valence-corrected chi connectivity index (χ0v) is 25.2. The van der Waals surface area contributed by atoms with Gasteiger partial charge in [0, 0.05) is 24.5 Å². The molecule has 2 aliphatic rings. The molecule has 5 rings (SSSR count). The highest BCUT2D eigenvalue weighted by Crippen LogP contribution is 2.42. The smallest absolute Gasteiger partial charge is 0.416 e. The van der Waals surface area contributed by atoms with Crippen molar-refractivity contribution in [1.29, 1.82) is 0 Å². The van der Waals surface area contributed by atoms with Gasteiger partial charge in [-0.05, 0) is 92.8 Å². The SMILES string of the molecule is CC(C)(C)OC(=O)NC1CCCN(C2=NC(=O)C(=C(Cc3ccc(C(F)(F)F)cc3C(F)(F)F)c3ccc4[nH]ncc4c3)S2)C1. The van der Waals surface area contributed by atoms with E-state index in [0.29, 0.717) is 53.6 Å². The highest BCUT2D eigenvalue weighted by atomic mass is 32.2. The van der Waals surface area contributed by atoms with Gasteiger partial charge in [0.1, 0.15) is 5.60 Å². The number of H-pyrrole nitrogens is 1. The molecule has 1 saturated heterocycles. The first kappa shape index (κ1) is 32.4. The van der Waals surface area contributed by atoms with Crippen molar-refractivity contribution >= 4 is 45.4 Å². The molecule has 0 saturated carbocycles. The number of alkyl carbamates (subject to hydrolysis) is 1. The summed E-state index contributed by atoms with van der Waals surface area (Å²) in [4.78, 5) is 31.8. The van der Waals surface area contributed by atoms with Crippen molar-refractivity contribution in [2.75, 3.05) is 13.1 Å². The van der Waals surface area contributed by atoms with Gasteiger partial charge in [-0.2, -0.15) is 36.4 Å². The number of aliphatic imine (C=N–C) groups is 1. The van der Waals surface area contributed by atoms with Crippen LogP contribution in [-0.2, 0) is 28.3 Å². The number of aromatic nitrogens is 2. The van der Waals surface area contributed by atoms with Gasteiger partial charge in [0.05, 0.1) is 27.7 Å². The Morgan fingerprint density at radius 1 is 1.09 bits per heavy atom. The summed E-state index contributed by atoms with van der Waals surface area (Å²) < 4.78 is 87.6. The van der Waals surface area contributed by atoms with Gasteiger partial charge in [-0.1, -0.05) is 12.1 Å². The number of carbonyl (C=O) groups is 2. The van der Waals surface area contributed by atoms with E-state index >= 15 is 0 Å². The van der Waals surface area contributed by atoms with Gasteiger partial charge in [0.2, 0.25) is 0 Å². The van der Waals surface area contributed by atoms with Crippen LogP contribution in [-0.4, -0.2) is 57.0 Å². The average molecular weight is 654 g/mol. The third-order valence-electron chi connectivity index (χ3n) is 7.17. The number of hydrogen-bond acceptors (Lipinski definition) is 6. The topological polar surface area (TPSA) is 99.7 Å². The maximum atomic E-state index is 14.1. The summed E-state index contributed by atoms with van der Waals surface area (Å²) in [6.07, 6.45) is -8.29. The molecule has 2 N–H and O–H groups in total. The van der Waals surface area contributed by atoms with Gasteiger partial charge < -0.3 is 15.0 Å². The number of rotatable bonds is 4. The van der Waals surface area contributed by atoms with Crippen LogP contribution < -0.4 is 5.32 Å². The molecule has 0 spiro atoms. The molecule has 2 amide bonds. The minimum absolute atomic E-state index is 0.0584. The van der Waals surface area contributed by atoms with Gasteiger partial charge in [0.15, 0.2) is 5.17 Å². The lowest BCUT2D eigenvalue weighted by Gasteiger charge is -2.34. The Morgan fingerprint density at radius 2 is 1.84 bits per heavy atom. The standard InChI is InChI=1S/C30H29F6N5O3S/c1-28(2,3)44-27(43)38-20-5-4-10-41(15-20)26-39-25(42)24(45-26)21(16-7-9-23-18(11-16)14-37-40-23)12-17-6-8-19(29(31,32)33)13-22(17)30(34,35)36/h6-9,11,13-14,20H,4-5,10,12,15H2,1-3H3,(H,37,40)(H,38,43). The van der Waals surface area contributed by atoms with Crippen molar-refractivity contribution in [1.82, 2.24) is 20.4 Å². The Labute approximate surface area is 258 Å². The van der Waals surface area contributed by atoms with E-state index in [4.69, 9.17) is 4.74 Å². The van der Waals surface area contributed by atoms with Gasteiger partial charge in [-0.15, -0.1) is 0 Å². The monoisotopic (exact) mass is 653 g/mol. The maximum Gasteiger partial charge on any atom is 0.416 e. The number of nitrogens with one attached hydrogen (secondary N) is 2. The quantitative estimate of drug-likeness (QED) is 0.229. The summed E-state index contributed by atoms with van der Waals surface area (Å²) in [6.45, 7) is 6.07. The molecule has 1 unspecified atom stereocenters. The number of nitrogens with zero attached hydrogens (tertiary/aromatic N) is 3. The molecule has 0 bridgehead atoms. The molecule has 1 atom stereocenters. The van der Waals surface area contributed by atoms with Gasteiger partial charge >= 0.3 is 18.4 Å². The Balaban J connectivity index is 1.49.